The predicted octanol–water partition coefficient (Wildman–Crippen LogP) is 4.37. The lowest BCUT2D eigenvalue weighted by atomic mass is 9.85. The standard InChI is InChI=1S/C28H37N3O4/c1-35-23-15-11-21(12-16-23)19-31-26-10-6-5-9-22(26)14-18-25(28(31)33)29-24(27(32)30-34)17-13-20-7-3-2-4-8-20/h5-6,9-12,15-16,20,24-25,29,34H,2-4,7-8,13-14,17-19H2,1H3,(H,30,32)/t24-,25-/m0/s1. The summed E-state index contributed by atoms with van der Waals surface area (Å²) in [4.78, 5) is 28.2. The molecule has 1 fully saturated rings. The minimum absolute atomic E-state index is 0.0563. The number of amides is 2. The summed E-state index contributed by atoms with van der Waals surface area (Å²) in [6.07, 6.45) is 9.01. The molecule has 0 aromatic heterocycles. The van der Waals surface area contributed by atoms with Gasteiger partial charge in [-0.05, 0) is 60.9 Å². The molecule has 1 aliphatic heterocycles. The summed E-state index contributed by atoms with van der Waals surface area (Å²) in [5.74, 6) is 0.850. The number of hydrogen-bond donors (Lipinski definition) is 3. The van der Waals surface area contributed by atoms with Crippen molar-refractivity contribution in [1.29, 1.82) is 0 Å². The first-order chi connectivity index (χ1) is 17.1. The van der Waals surface area contributed by atoms with Crippen LogP contribution in [0.15, 0.2) is 48.5 Å². The van der Waals surface area contributed by atoms with E-state index in [1.807, 2.05) is 52.8 Å². The second kappa shape index (κ2) is 12.2. The second-order valence-corrected chi connectivity index (χ2v) is 9.77. The van der Waals surface area contributed by atoms with Gasteiger partial charge in [0.2, 0.25) is 5.91 Å². The topological polar surface area (TPSA) is 90.9 Å². The van der Waals surface area contributed by atoms with Crippen LogP contribution in [0.5, 0.6) is 5.75 Å². The van der Waals surface area contributed by atoms with Gasteiger partial charge in [-0.3, -0.25) is 20.1 Å². The lowest BCUT2D eigenvalue weighted by molar-refractivity contribution is -0.132. The van der Waals surface area contributed by atoms with Crippen molar-refractivity contribution in [2.75, 3.05) is 12.0 Å². The third-order valence-corrected chi connectivity index (χ3v) is 7.47. The molecular formula is C28H37N3O4. The van der Waals surface area contributed by atoms with Gasteiger partial charge in [0, 0.05) is 5.69 Å². The number of anilines is 1. The fourth-order valence-electron chi connectivity index (χ4n) is 5.44. The molecule has 0 bridgehead atoms. The Bertz CT molecular complexity index is 988. The summed E-state index contributed by atoms with van der Waals surface area (Å²) >= 11 is 0. The molecule has 3 N–H and O–H groups in total. The number of nitrogens with zero attached hydrogens (tertiary/aromatic N) is 1. The monoisotopic (exact) mass is 479 g/mol. The van der Waals surface area contributed by atoms with Crippen molar-refractivity contribution in [3.05, 3.63) is 59.7 Å². The highest BCUT2D eigenvalue weighted by Crippen LogP contribution is 2.30. The van der Waals surface area contributed by atoms with Crippen LogP contribution in [-0.4, -0.2) is 36.2 Å². The zero-order valence-electron chi connectivity index (χ0n) is 20.5. The Balaban J connectivity index is 1.52. The largest absolute Gasteiger partial charge is 0.497 e. The van der Waals surface area contributed by atoms with Gasteiger partial charge in [-0.25, -0.2) is 5.48 Å². The molecule has 2 amide bonds. The number of ether oxygens (including phenoxy) is 1. The summed E-state index contributed by atoms with van der Waals surface area (Å²) in [5.41, 5.74) is 4.83. The van der Waals surface area contributed by atoms with Crippen molar-refractivity contribution >= 4 is 17.5 Å². The SMILES string of the molecule is COc1ccc(CN2C(=O)[C@@H](N[C@@H](CCC3CCCCC3)C(=O)NO)CCc3ccccc32)cc1. The molecule has 1 heterocycles. The van der Waals surface area contributed by atoms with Gasteiger partial charge in [0.15, 0.2) is 0 Å². The van der Waals surface area contributed by atoms with Crippen LogP contribution < -0.4 is 20.4 Å². The Hall–Kier alpha value is -2.90. The highest BCUT2D eigenvalue weighted by molar-refractivity contribution is 5.99. The van der Waals surface area contributed by atoms with E-state index in [1.165, 1.54) is 32.1 Å². The molecule has 0 radical (unpaired) electrons. The van der Waals surface area contributed by atoms with Crippen LogP contribution in [0.3, 0.4) is 0 Å². The van der Waals surface area contributed by atoms with E-state index in [2.05, 4.69) is 11.4 Å². The van der Waals surface area contributed by atoms with E-state index in [1.54, 1.807) is 7.11 Å². The van der Waals surface area contributed by atoms with Crippen LogP contribution in [0.2, 0.25) is 0 Å². The van der Waals surface area contributed by atoms with Gasteiger partial charge in [-0.1, -0.05) is 62.4 Å². The van der Waals surface area contributed by atoms with Crippen molar-refractivity contribution in [3.8, 4) is 5.75 Å². The first-order valence-corrected chi connectivity index (χ1v) is 12.8. The number of rotatable bonds is 9. The van der Waals surface area contributed by atoms with E-state index < -0.39 is 18.0 Å². The maximum Gasteiger partial charge on any atom is 0.260 e. The fraction of sp³-hybridized carbons (Fsp3) is 0.500. The number of methoxy groups -OCH3 is 1. The van der Waals surface area contributed by atoms with E-state index in [0.717, 1.165) is 35.4 Å². The summed E-state index contributed by atoms with van der Waals surface area (Å²) in [7, 11) is 1.63. The lowest BCUT2D eigenvalue weighted by Gasteiger charge is -2.29. The highest BCUT2D eigenvalue weighted by Gasteiger charge is 2.33. The smallest absolute Gasteiger partial charge is 0.260 e. The molecule has 2 atom stereocenters. The molecule has 2 aromatic rings. The average molecular weight is 480 g/mol. The fourth-order valence-corrected chi connectivity index (χ4v) is 5.44. The molecule has 35 heavy (non-hydrogen) atoms. The van der Waals surface area contributed by atoms with E-state index in [-0.39, 0.29) is 5.91 Å². The lowest BCUT2D eigenvalue weighted by Crippen LogP contribution is -2.53. The molecular weight excluding hydrogens is 442 g/mol. The molecule has 1 saturated carbocycles. The average Bonchev–Trinajstić information content (AvgIpc) is 3.03. The van der Waals surface area contributed by atoms with Crippen LogP contribution in [-0.2, 0) is 22.6 Å². The Morgan fingerprint density at radius 3 is 2.54 bits per heavy atom. The summed E-state index contributed by atoms with van der Waals surface area (Å²) < 4.78 is 5.27. The van der Waals surface area contributed by atoms with Gasteiger partial charge in [-0.15, -0.1) is 0 Å². The number of fused-ring (bicyclic) bond motifs is 1. The number of hydroxylamine groups is 1. The summed E-state index contributed by atoms with van der Waals surface area (Å²) in [6, 6.07) is 14.6. The molecule has 4 rings (SSSR count). The molecule has 1 aliphatic carbocycles. The molecule has 7 nitrogen and oxygen atoms in total. The second-order valence-electron chi connectivity index (χ2n) is 9.77. The quantitative estimate of drug-likeness (QED) is 0.367. The maximum absolute atomic E-state index is 13.8. The molecule has 0 spiro atoms. The van der Waals surface area contributed by atoms with Gasteiger partial charge < -0.3 is 9.64 Å². The van der Waals surface area contributed by atoms with Crippen LogP contribution in [0.4, 0.5) is 5.69 Å². The first kappa shape index (κ1) is 25.2. The Morgan fingerprint density at radius 2 is 1.83 bits per heavy atom. The number of carbonyl (C=O) groups excluding carboxylic acids is 2. The van der Waals surface area contributed by atoms with E-state index >= 15 is 0 Å². The zero-order valence-corrected chi connectivity index (χ0v) is 20.5. The number of para-hydroxylation sites is 1. The van der Waals surface area contributed by atoms with Gasteiger partial charge in [-0.2, -0.15) is 0 Å². The van der Waals surface area contributed by atoms with Crippen LogP contribution >= 0.6 is 0 Å². The molecule has 0 unspecified atom stereocenters. The molecule has 2 aromatic carbocycles. The van der Waals surface area contributed by atoms with Gasteiger partial charge >= 0.3 is 0 Å². The maximum atomic E-state index is 13.8. The van der Waals surface area contributed by atoms with Crippen molar-refractivity contribution in [3.63, 3.8) is 0 Å². The van der Waals surface area contributed by atoms with Crippen molar-refractivity contribution in [2.24, 2.45) is 5.92 Å². The van der Waals surface area contributed by atoms with Gasteiger partial charge in [0.1, 0.15) is 5.75 Å². The number of nitrogens with one attached hydrogen (secondary N) is 2. The van der Waals surface area contributed by atoms with E-state index in [0.29, 0.717) is 25.3 Å². The number of carbonyl (C=O) groups is 2. The van der Waals surface area contributed by atoms with E-state index in [4.69, 9.17) is 4.74 Å². The zero-order chi connectivity index (χ0) is 24.6. The number of hydrogen-bond acceptors (Lipinski definition) is 5. The van der Waals surface area contributed by atoms with Gasteiger partial charge in [0.25, 0.3) is 5.91 Å². The Morgan fingerprint density at radius 1 is 1.09 bits per heavy atom. The van der Waals surface area contributed by atoms with Crippen molar-refractivity contribution in [1.82, 2.24) is 10.8 Å². The first-order valence-electron chi connectivity index (χ1n) is 12.8. The highest BCUT2D eigenvalue weighted by atomic mass is 16.5. The molecule has 7 heteroatoms. The predicted molar refractivity (Wildman–Crippen MR) is 135 cm³/mol. The van der Waals surface area contributed by atoms with Crippen LogP contribution in [0.25, 0.3) is 0 Å². The minimum atomic E-state index is -0.611. The molecule has 0 saturated heterocycles. The van der Waals surface area contributed by atoms with Crippen molar-refractivity contribution in [2.45, 2.75) is 76.4 Å². The normalized spacial score (nSPS) is 19.5. The van der Waals surface area contributed by atoms with Crippen LogP contribution in [0.1, 0.15) is 62.5 Å². The minimum Gasteiger partial charge on any atom is -0.497 e. The summed E-state index contributed by atoms with van der Waals surface area (Å²) in [6.45, 7) is 0.428. The van der Waals surface area contributed by atoms with Gasteiger partial charge in [0.05, 0.1) is 25.7 Å². The molecule has 188 valence electrons. The molecule has 2 aliphatic rings. The third kappa shape index (κ3) is 6.41. The number of aryl methyl sites for hydroxylation is 1. The van der Waals surface area contributed by atoms with E-state index in [9.17, 15) is 14.8 Å². The third-order valence-electron chi connectivity index (χ3n) is 7.47. The Labute approximate surface area is 207 Å². The number of benzene rings is 2. The van der Waals surface area contributed by atoms with Crippen LogP contribution in [0, 0.1) is 5.92 Å². The Kier molecular flexibility index (Phi) is 8.77. The van der Waals surface area contributed by atoms with Crippen molar-refractivity contribution < 1.29 is 19.5 Å². The summed E-state index contributed by atoms with van der Waals surface area (Å²) in [5, 5.41) is 12.7.